The summed E-state index contributed by atoms with van der Waals surface area (Å²) < 4.78 is 0. The Morgan fingerprint density at radius 3 is 2.00 bits per heavy atom. The Morgan fingerprint density at radius 1 is 1.20 bits per heavy atom. The van der Waals surface area contributed by atoms with Crippen molar-refractivity contribution in [1.82, 2.24) is 0 Å². The molecule has 4 heteroatoms. The molecule has 0 unspecified atom stereocenters. The number of benzene rings is 1. The number of phenolic OH excluding ortho intramolecular Hbond substituents is 2. The van der Waals surface area contributed by atoms with Crippen LogP contribution in [0.2, 0.25) is 5.02 Å². The topological polar surface area (TPSA) is 66.5 Å². The molecule has 0 saturated heterocycles. The van der Waals surface area contributed by atoms with E-state index < -0.39 is 0 Å². The van der Waals surface area contributed by atoms with Crippen LogP contribution in [0.15, 0.2) is 12.1 Å². The van der Waals surface area contributed by atoms with Crippen molar-refractivity contribution in [2.75, 3.05) is 5.73 Å². The molecule has 0 aliphatic rings. The monoisotopic (exact) mass is 159 g/mol. The van der Waals surface area contributed by atoms with E-state index in [0.29, 0.717) is 0 Å². The van der Waals surface area contributed by atoms with Crippen molar-refractivity contribution in [3.63, 3.8) is 0 Å². The van der Waals surface area contributed by atoms with Crippen molar-refractivity contribution >= 4 is 17.3 Å². The van der Waals surface area contributed by atoms with Crippen LogP contribution in [0.25, 0.3) is 0 Å². The van der Waals surface area contributed by atoms with Crippen molar-refractivity contribution in [3.8, 4) is 11.5 Å². The number of nitrogens with two attached hydrogens (primary N) is 1. The maximum Gasteiger partial charge on any atom is 0.140 e. The van der Waals surface area contributed by atoms with Crippen molar-refractivity contribution in [2.45, 2.75) is 0 Å². The van der Waals surface area contributed by atoms with Gasteiger partial charge in [-0.05, 0) is 0 Å². The van der Waals surface area contributed by atoms with E-state index in [9.17, 15) is 0 Å². The Hall–Kier alpha value is -1.09. The van der Waals surface area contributed by atoms with E-state index in [2.05, 4.69) is 0 Å². The van der Waals surface area contributed by atoms with Crippen LogP contribution < -0.4 is 5.73 Å². The summed E-state index contributed by atoms with van der Waals surface area (Å²) in [5.74, 6) is -0.418. The van der Waals surface area contributed by atoms with Gasteiger partial charge in [-0.15, -0.1) is 0 Å². The molecule has 0 spiro atoms. The molecule has 1 aromatic carbocycles. The maximum atomic E-state index is 8.91. The number of hydrogen-bond donors (Lipinski definition) is 3. The maximum absolute atomic E-state index is 8.91. The van der Waals surface area contributed by atoms with Gasteiger partial charge in [0.2, 0.25) is 0 Å². The van der Waals surface area contributed by atoms with Gasteiger partial charge in [-0.2, -0.15) is 0 Å². The summed E-state index contributed by atoms with van der Waals surface area (Å²) in [6.45, 7) is 0. The van der Waals surface area contributed by atoms with E-state index in [0.717, 1.165) is 0 Å². The quantitative estimate of drug-likeness (QED) is 0.501. The van der Waals surface area contributed by atoms with E-state index in [1.54, 1.807) is 0 Å². The van der Waals surface area contributed by atoms with Crippen LogP contribution >= 0.6 is 11.6 Å². The number of phenols is 2. The Kier molecular flexibility index (Phi) is 1.59. The average molecular weight is 160 g/mol. The van der Waals surface area contributed by atoms with Gasteiger partial charge in [0.15, 0.2) is 0 Å². The summed E-state index contributed by atoms with van der Waals surface area (Å²) in [7, 11) is 0. The second-order valence-electron chi connectivity index (χ2n) is 1.87. The lowest BCUT2D eigenvalue weighted by Crippen LogP contribution is -1.83. The van der Waals surface area contributed by atoms with Crippen LogP contribution in [-0.2, 0) is 0 Å². The molecule has 0 bridgehead atoms. The summed E-state index contributed by atoms with van der Waals surface area (Å²) in [5, 5.41) is 17.7. The third kappa shape index (κ3) is 1.09. The van der Waals surface area contributed by atoms with Crippen molar-refractivity contribution < 1.29 is 10.2 Å². The fourth-order valence-electron chi connectivity index (χ4n) is 0.615. The molecule has 0 aromatic heterocycles. The van der Waals surface area contributed by atoms with E-state index >= 15 is 0 Å². The summed E-state index contributed by atoms with van der Waals surface area (Å²) in [5.41, 5.74) is 5.53. The zero-order valence-corrected chi connectivity index (χ0v) is 5.76. The minimum absolute atomic E-state index is 0.0748. The predicted molar refractivity (Wildman–Crippen MR) is 39.2 cm³/mol. The number of anilines is 1. The second-order valence-corrected chi connectivity index (χ2v) is 2.25. The number of aromatic hydroxyl groups is 2. The van der Waals surface area contributed by atoms with Gasteiger partial charge in [0, 0.05) is 17.8 Å². The standard InChI is InChI=1S/C6H6ClNO2/c7-6-4(9)1-3(8)2-5(6)10/h1-2,9-10H,8H2. The average Bonchev–Trinajstić information content (AvgIpc) is 1.82. The van der Waals surface area contributed by atoms with E-state index in [-0.39, 0.29) is 22.2 Å². The van der Waals surface area contributed by atoms with Gasteiger partial charge in [0.25, 0.3) is 0 Å². The van der Waals surface area contributed by atoms with Crippen LogP contribution in [0.4, 0.5) is 5.69 Å². The van der Waals surface area contributed by atoms with Crippen LogP contribution in [0, 0.1) is 0 Å². The van der Waals surface area contributed by atoms with Gasteiger partial charge in [-0.1, -0.05) is 11.6 Å². The summed E-state index contributed by atoms with van der Waals surface area (Å²) in [6, 6.07) is 2.53. The highest BCUT2D eigenvalue weighted by molar-refractivity contribution is 6.33. The van der Waals surface area contributed by atoms with Crippen molar-refractivity contribution in [3.05, 3.63) is 17.2 Å². The molecule has 10 heavy (non-hydrogen) atoms. The minimum atomic E-state index is -0.209. The SMILES string of the molecule is Nc1cc(O)c(Cl)c(O)c1. The highest BCUT2D eigenvalue weighted by Gasteiger charge is 2.04. The molecule has 1 rings (SSSR count). The van der Waals surface area contributed by atoms with Gasteiger partial charge in [0.1, 0.15) is 16.5 Å². The highest BCUT2D eigenvalue weighted by Crippen LogP contribution is 2.34. The number of hydrogen-bond acceptors (Lipinski definition) is 3. The van der Waals surface area contributed by atoms with Crippen LogP contribution in [0.5, 0.6) is 11.5 Å². The Bertz CT molecular complexity index is 239. The summed E-state index contributed by atoms with van der Waals surface area (Å²) in [6.07, 6.45) is 0. The van der Waals surface area contributed by atoms with Crippen molar-refractivity contribution in [1.29, 1.82) is 0 Å². The molecule has 0 radical (unpaired) electrons. The second kappa shape index (κ2) is 2.27. The third-order valence-electron chi connectivity index (χ3n) is 1.06. The van der Waals surface area contributed by atoms with Crippen molar-refractivity contribution in [2.24, 2.45) is 0 Å². The minimum Gasteiger partial charge on any atom is -0.506 e. The van der Waals surface area contributed by atoms with Gasteiger partial charge in [-0.25, -0.2) is 0 Å². The zero-order chi connectivity index (χ0) is 7.72. The molecule has 0 fully saturated rings. The molecule has 0 aliphatic carbocycles. The molecule has 0 saturated carbocycles. The van der Waals surface area contributed by atoms with Crippen LogP contribution in [-0.4, -0.2) is 10.2 Å². The lowest BCUT2D eigenvalue weighted by Gasteiger charge is -2.00. The van der Waals surface area contributed by atoms with E-state index in [4.69, 9.17) is 27.5 Å². The van der Waals surface area contributed by atoms with Gasteiger partial charge in [0.05, 0.1) is 0 Å². The molecule has 0 amide bonds. The Morgan fingerprint density at radius 2 is 1.60 bits per heavy atom. The Labute approximate surface area is 62.7 Å². The first kappa shape index (κ1) is 7.02. The molecule has 3 nitrogen and oxygen atoms in total. The fourth-order valence-corrected chi connectivity index (χ4v) is 0.724. The molecule has 1 aromatic rings. The molecule has 0 heterocycles. The first-order valence-electron chi connectivity index (χ1n) is 2.58. The largest absolute Gasteiger partial charge is 0.506 e. The molecule has 0 atom stereocenters. The van der Waals surface area contributed by atoms with E-state index in [1.165, 1.54) is 12.1 Å². The molecule has 0 aliphatic heterocycles. The normalized spacial score (nSPS) is 9.70. The van der Waals surface area contributed by atoms with Gasteiger partial charge < -0.3 is 15.9 Å². The summed E-state index contributed by atoms with van der Waals surface area (Å²) >= 11 is 5.39. The fraction of sp³-hybridized carbons (Fsp3) is 0. The first-order valence-corrected chi connectivity index (χ1v) is 2.96. The van der Waals surface area contributed by atoms with Crippen LogP contribution in [0.3, 0.4) is 0 Å². The zero-order valence-electron chi connectivity index (χ0n) is 5.00. The number of nitrogen functional groups attached to an aromatic ring is 1. The van der Waals surface area contributed by atoms with Gasteiger partial charge in [-0.3, -0.25) is 0 Å². The highest BCUT2D eigenvalue weighted by atomic mass is 35.5. The summed E-state index contributed by atoms with van der Waals surface area (Å²) in [4.78, 5) is 0. The Balaban J connectivity index is 3.31. The van der Waals surface area contributed by atoms with Gasteiger partial charge >= 0.3 is 0 Å². The van der Waals surface area contributed by atoms with Crippen LogP contribution in [0.1, 0.15) is 0 Å². The first-order chi connectivity index (χ1) is 4.61. The smallest absolute Gasteiger partial charge is 0.140 e. The molecular formula is C6H6ClNO2. The molecule has 54 valence electrons. The lowest BCUT2D eigenvalue weighted by molar-refractivity contribution is 0.451. The molecular weight excluding hydrogens is 154 g/mol. The molecule has 4 N–H and O–H groups in total. The predicted octanol–water partition coefficient (Wildman–Crippen LogP) is 1.33. The van der Waals surface area contributed by atoms with E-state index in [1.807, 2.05) is 0 Å². The number of halogens is 1. The lowest BCUT2D eigenvalue weighted by atomic mass is 10.3. The number of rotatable bonds is 0. The third-order valence-corrected chi connectivity index (χ3v) is 1.44.